The first-order chi connectivity index (χ1) is 15.6. The molecule has 2 aliphatic rings. The average molecular weight is 463 g/mol. The predicted octanol–water partition coefficient (Wildman–Crippen LogP) is 4.75. The summed E-state index contributed by atoms with van der Waals surface area (Å²) in [7, 11) is 5.55. The smallest absolute Gasteiger partial charge is 0.296 e. The van der Waals surface area contributed by atoms with E-state index < -0.39 is 30.3 Å². The number of hydrogen-bond acceptors (Lipinski definition) is 4. The number of fused-ring (bicyclic) bond motifs is 1. The average Bonchev–Trinajstić information content (AvgIpc) is 2.71. The molecule has 1 saturated carbocycles. The van der Waals surface area contributed by atoms with Crippen molar-refractivity contribution in [1.82, 2.24) is 10.2 Å². The highest BCUT2D eigenvalue weighted by atomic mass is 19.3. The summed E-state index contributed by atoms with van der Waals surface area (Å²) in [5.74, 6) is -3.36. The van der Waals surface area contributed by atoms with Crippen molar-refractivity contribution < 1.29 is 27.4 Å². The lowest BCUT2D eigenvalue weighted by molar-refractivity contribution is -0.103. The van der Waals surface area contributed by atoms with Crippen LogP contribution in [0.15, 0.2) is 30.3 Å². The minimum atomic E-state index is -3.08. The Balaban J connectivity index is 1.51. The Morgan fingerprint density at radius 3 is 2.64 bits per heavy atom. The number of carbonyl (C=O) groups is 1. The number of nitrogens with one attached hydrogen (secondary N) is 1. The number of ether oxygens (including phenoxy) is 2. The van der Waals surface area contributed by atoms with Gasteiger partial charge in [0.15, 0.2) is 0 Å². The number of nitrogens with zero attached hydrogens (tertiary/aromatic N) is 1. The summed E-state index contributed by atoms with van der Waals surface area (Å²) in [4.78, 5) is 15.0. The van der Waals surface area contributed by atoms with Gasteiger partial charge in [-0.15, -0.1) is 0 Å². The monoisotopic (exact) mass is 462 g/mol. The summed E-state index contributed by atoms with van der Waals surface area (Å²) in [6.45, 7) is 1.01. The van der Waals surface area contributed by atoms with Crippen LogP contribution in [-0.2, 0) is 17.3 Å². The van der Waals surface area contributed by atoms with Crippen LogP contribution < -0.4 is 10.1 Å². The number of methoxy groups -OCH3 is 1. The molecule has 1 heterocycles. The van der Waals surface area contributed by atoms with Gasteiger partial charge in [-0.2, -0.15) is 8.78 Å². The van der Waals surface area contributed by atoms with Crippen LogP contribution in [0.25, 0.3) is 0 Å². The molecule has 1 N–H and O–H groups in total. The summed E-state index contributed by atoms with van der Waals surface area (Å²) in [6, 6.07) is 7.18. The van der Waals surface area contributed by atoms with Gasteiger partial charge in [0.2, 0.25) is 0 Å². The minimum Gasteiger partial charge on any atom is -0.496 e. The number of hydrogen-bond donors (Lipinski definition) is 1. The van der Waals surface area contributed by atoms with Gasteiger partial charge in [0.05, 0.1) is 25.3 Å². The number of carbonyl (C=O) groups excluding carboxylic acids is 1. The van der Waals surface area contributed by atoms with Crippen molar-refractivity contribution >= 4 is 5.91 Å². The second kappa shape index (κ2) is 8.99. The molecule has 1 amide bonds. The van der Waals surface area contributed by atoms with Crippen molar-refractivity contribution in [2.24, 2.45) is 0 Å². The van der Waals surface area contributed by atoms with Crippen LogP contribution in [0.3, 0.4) is 0 Å². The molecule has 0 saturated heterocycles. The molecule has 0 unspecified atom stereocenters. The molecule has 5 nitrogen and oxygen atoms in total. The fourth-order valence-corrected chi connectivity index (χ4v) is 4.65. The molecule has 8 heteroatoms. The van der Waals surface area contributed by atoms with E-state index in [1.807, 2.05) is 20.2 Å². The lowest BCUT2D eigenvalue weighted by Crippen LogP contribution is -2.39. The fourth-order valence-electron chi connectivity index (χ4n) is 4.65. The SMILES string of the molecule is COc1cc(C2CC(N(C)C)C2)cc(F)c1[C@H](C)NC(=O)c1ccc2c(c1)COCC2(F)F. The highest BCUT2D eigenvalue weighted by Crippen LogP contribution is 2.42. The van der Waals surface area contributed by atoms with Crippen molar-refractivity contribution in [3.05, 3.63) is 64.0 Å². The molecule has 2 aromatic rings. The summed E-state index contributed by atoms with van der Waals surface area (Å²) in [6.07, 6.45) is 1.92. The molecule has 0 aromatic heterocycles. The summed E-state index contributed by atoms with van der Waals surface area (Å²) >= 11 is 0. The van der Waals surface area contributed by atoms with Gasteiger partial charge in [0, 0.05) is 17.2 Å². The van der Waals surface area contributed by atoms with E-state index in [4.69, 9.17) is 9.47 Å². The Hall–Kier alpha value is -2.58. The first-order valence-electron chi connectivity index (χ1n) is 11.0. The van der Waals surface area contributed by atoms with Crippen LogP contribution in [0.5, 0.6) is 5.75 Å². The van der Waals surface area contributed by atoms with E-state index in [0.717, 1.165) is 18.4 Å². The molecule has 33 heavy (non-hydrogen) atoms. The molecule has 0 radical (unpaired) electrons. The number of rotatable bonds is 6. The van der Waals surface area contributed by atoms with E-state index in [1.165, 1.54) is 31.4 Å². The van der Waals surface area contributed by atoms with Gasteiger partial charge in [-0.3, -0.25) is 4.79 Å². The number of amides is 1. The third-order valence-electron chi connectivity index (χ3n) is 6.73. The van der Waals surface area contributed by atoms with Gasteiger partial charge in [-0.1, -0.05) is 6.07 Å². The standard InChI is InChI=1S/C25H29F3N2O3/c1-14(29-24(31)15-5-6-20-18(7-15)12-33-13-25(20,27)28)23-21(26)10-17(11-22(23)32-4)16-8-19(9-16)30(2)3/h5-7,10-11,14,16,19H,8-9,12-13H2,1-4H3,(H,29,31)/t14-,16?,19?/m0/s1. The second-order valence-corrected chi connectivity index (χ2v) is 9.17. The van der Waals surface area contributed by atoms with Crippen LogP contribution in [0.4, 0.5) is 13.2 Å². The Morgan fingerprint density at radius 2 is 1.97 bits per heavy atom. The molecule has 1 aliphatic carbocycles. The zero-order chi connectivity index (χ0) is 23.9. The van der Waals surface area contributed by atoms with Gasteiger partial charge in [0.1, 0.15) is 18.2 Å². The van der Waals surface area contributed by atoms with E-state index in [9.17, 15) is 13.6 Å². The van der Waals surface area contributed by atoms with E-state index in [1.54, 1.807) is 6.92 Å². The van der Waals surface area contributed by atoms with Gasteiger partial charge < -0.3 is 19.7 Å². The maximum Gasteiger partial charge on any atom is 0.296 e. The van der Waals surface area contributed by atoms with E-state index in [2.05, 4.69) is 10.2 Å². The van der Waals surface area contributed by atoms with Crippen LogP contribution in [0.1, 0.15) is 64.3 Å². The minimum absolute atomic E-state index is 0.0152. The highest BCUT2D eigenvalue weighted by molar-refractivity contribution is 5.94. The van der Waals surface area contributed by atoms with Crippen LogP contribution in [-0.4, -0.2) is 44.7 Å². The van der Waals surface area contributed by atoms with Gasteiger partial charge in [0.25, 0.3) is 11.8 Å². The Morgan fingerprint density at radius 1 is 1.24 bits per heavy atom. The van der Waals surface area contributed by atoms with Crippen LogP contribution in [0.2, 0.25) is 0 Å². The van der Waals surface area contributed by atoms with Crippen LogP contribution >= 0.6 is 0 Å². The fraction of sp³-hybridized carbons (Fsp3) is 0.480. The number of benzene rings is 2. The first-order valence-corrected chi connectivity index (χ1v) is 11.0. The Labute approximate surface area is 191 Å². The lowest BCUT2D eigenvalue weighted by atomic mass is 9.75. The van der Waals surface area contributed by atoms with Crippen molar-refractivity contribution in [3.63, 3.8) is 0 Å². The summed E-state index contributed by atoms with van der Waals surface area (Å²) < 4.78 is 53.5. The highest BCUT2D eigenvalue weighted by Gasteiger charge is 2.38. The van der Waals surface area contributed by atoms with Crippen molar-refractivity contribution in [2.45, 2.75) is 50.3 Å². The summed E-state index contributed by atoms with van der Waals surface area (Å²) in [5.41, 5.74) is 1.50. The Kier molecular flexibility index (Phi) is 6.42. The van der Waals surface area contributed by atoms with Crippen molar-refractivity contribution in [1.29, 1.82) is 0 Å². The molecule has 0 bridgehead atoms. The molecule has 2 aromatic carbocycles. The van der Waals surface area contributed by atoms with Gasteiger partial charge in [-0.05, 0) is 75.2 Å². The maximum atomic E-state index is 15.1. The Bertz CT molecular complexity index is 1050. The normalized spacial score (nSPS) is 22.3. The number of halogens is 3. The zero-order valence-corrected chi connectivity index (χ0v) is 19.3. The molecule has 178 valence electrons. The third kappa shape index (κ3) is 4.59. The molecule has 0 spiro atoms. The van der Waals surface area contributed by atoms with Crippen molar-refractivity contribution in [2.75, 3.05) is 27.8 Å². The largest absolute Gasteiger partial charge is 0.496 e. The zero-order valence-electron chi connectivity index (χ0n) is 19.3. The molecule has 1 fully saturated rings. The molecule has 1 aliphatic heterocycles. The topological polar surface area (TPSA) is 50.8 Å². The second-order valence-electron chi connectivity index (χ2n) is 9.17. The van der Waals surface area contributed by atoms with Gasteiger partial charge >= 0.3 is 0 Å². The quantitative estimate of drug-likeness (QED) is 0.673. The van der Waals surface area contributed by atoms with Crippen molar-refractivity contribution in [3.8, 4) is 5.75 Å². The molecule has 1 atom stereocenters. The van der Waals surface area contributed by atoms with Crippen LogP contribution in [0, 0.1) is 5.82 Å². The first kappa shape index (κ1) is 23.6. The van der Waals surface area contributed by atoms with E-state index >= 15 is 4.39 Å². The lowest BCUT2D eigenvalue weighted by Gasteiger charge is -2.40. The maximum absolute atomic E-state index is 15.1. The number of alkyl halides is 2. The third-order valence-corrected chi connectivity index (χ3v) is 6.73. The van der Waals surface area contributed by atoms with Gasteiger partial charge in [-0.25, -0.2) is 4.39 Å². The van der Waals surface area contributed by atoms with E-state index in [0.29, 0.717) is 11.8 Å². The molecular weight excluding hydrogens is 433 g/mol. The molecule has 4 rings (SSSR count). The molecular formula is C25H29F3N2O3. The van der Waals surface area contributed by atoms with E-state index in [-0.39, 0.29) is 34.8 Å². The summed E-state index contributed by atoms with van der Waals surface area (Å²) in [5, 5.41) is 2.76. The predicted molar refractivity (Wildman–Crippen MR) is 118 cm³/mol.